The average molecular weight is 594 g/mol. The molecule has 6 rings (SSSR count). The molecular weight excluding hydrogens is 554 g/mol. The van der Waals surface area contributed by atoms with Gasteiger partial charge in [-0.15, -0.1) is 0 Å². The van der Waals surface area contributed by atoms with Crippen LogP contribution >= 0.6 is 0 Å². The summed E-state index contributed by atoms with van der Waals surface area (Å²) in [7, 11) is 1.38. The second-order valence-electron chi connectivity index (χ2n) is 11.8. The number of hydrogen-bond acceptors (Lipinski definition) is 6. The molecule has 0 radical (unpaired) electrons. The second kappa shape index (κ2) is 13.0. The van der Waals surface area contributed by atoms with E-state index in [-0.39, 0.29) is 23.7 Å². The maximum absolute atomic E-state index is 13.7. The number of likely N-dealkylation sites (tertiary alicyclic amines) is 1. The van der Waals surface area contributed by atoms with Crippen LogP contribution in [0.25, 0.3) is 10.9 Å². The number of carbonyl (C=O) groups is 3. The lowest BCUT2D eigenvalue weighted by Crippen LogP contribution is -2.63. The Bertz CT molecular complexity index is 1590. The second-order valence-corrected chi connectivity index (χ2v) is 11.8. The van der Waals surface area contributed by atoms with Gasteiger partial charge in [0.15, 0.2) is 0 Å². The van der Waals surface area contributed by atoms with Gasteiger partial charge >= 0.3 is 5.97 Å². The zero-order chi connectivity index (χ0) is 30.5. The number of benzene rings is 2. The lowest BCUT2D eigenvalue weighted by atomic mass is 9.84. The number of para-hydroxylation sites is 1. The zero-order valence-electron chi connectivity index (χ0n) is 25.1. The Morgan fingerprint density at radius 3 is 2.45 bits per heavy atom. The number of hydrogen-bond donors (Lipinski definition) is 2. The number of nitrogens with zero attached hydrogens (tertiary/aromatic N) is 3. The molecule has 2 N–H and O–H groups in total. The Balaban J connectivity index is 1.17. The van der Waals surface area contributed by atoms with Gasteiger partial charge in [0.25, 0.3) is 0 Å². The van der Waals surface area contributed by atoms with Gasteiger partial charge < -0.3 is 19.9 Å². The van der Waals surface area contributed by atoms with Crippen molar-refractivity contribution in [2.45, 2.75) is 43.6 Å². The number of aromatic nitrogens is 2. The molecule has 1 aliphatic carbocycles. The van der Waals surface area contributed by atoms with Gasteiger partial charge in [0.2, 0.25) is 11.8 Å². The number of esters is 1. The maximum Gasteiger partial charge on any atom is 0.332 e. The molecule has 9 heteroatoms. The molecule has 228 valence electrons. The molecule has 2 aliphatic rings. The molecule has 2 aromatic carbocycles. The zero-order valence-corrected chi connectivity index (χ0v) is 25.1. The van der Waals surface area contributed by atoms with Crippen LogP contribution in [-0.4, -0.2) is 71.5 Å². The summed E-state index contributed by atoms with van der Waals surface area (Å²) in [5, 5.41) is 4.35. The monoisotopic (exact) mass is 593 g/mol. The van der Waals surface area contributed by atoms with Crippen molar-refractivity contribution >= 4 is 34.5 Å². The first kappa shape index (κ1) is 29.6. The third kappa shape index (κ3) is 6.10. The van der Waals surface area contributed by atoms with Crippen molar-refractivity contribution < 1.29 is 19.1 Å². The lowest BCUT2D eigenvalue weighted by Gasteiger charge is -2.46. The molecule has 2 amide bonds. The highest BCUT2D eigenvalue weighted by atomic mass is 16.5. The summed E-state index contributed by atoms with van der Waals surface area (Å²) in [6.45, 7) is 2.09. The number of rotatable bonds is 11. The van der Waals surface area contributed by atoms with Crippen molar-refractivity contribution in [2.75, 3.05) is 38.2 Å². The average Bonchev–Trinajstić information content (AvgIpc) is 3.85. The quantitative estimate of drug-likeness (QED) is 0.249. The number of ether oxygens (including phenoxy) is 1. The Morgan fingerprint density at radius 2 is 1.75 bits per heavy atom. The predicted molar refractivity (Wildman–Crippen MR) is 169 cm³/mol. The van der Waals surface area contributed by atoms with Gasteiger partial charge in [0.05, 0.1) is 13.0 Å². The largest absolute Gasteiger partial charge is 0.467 e. The molecule has 1 saturated heterocycles. The van der Waals surface area contributed by atoms with E-state index in [2.05, 4.69) is 26.3 Å². The van der Waals surface area contributed by atoms with Crippen LogP contribution in [0.15, 0.2) is 85.2 Å². The number of carbonyl (C=O) groups excluding carboxylic acids is 3. The van der Waals surface area contributed by atoms with Crippen LogP contribution in [0.1, 0.15) is 42.7 Å². The van der Waals surface area contributed by atoms with Crippen molar-refractivity contribution in [3.63, 3.8) is 0 Å². The van der Waals surface area contributed by atoms with Crippen LogP contribution in [0.3, 0.4) is 0 Å². The van der Waals surface area contributed by atoms with Crippen LogP contribution < -0.4 is 10.2 Å². The van der Waals surface area contributed by atoms with Gasteiger partial charge in [-0.25, -0.2) is 9.78 Å². The SMILES string of the molecule is COC(=O)C1(N(C(=O)C2CC2)c2ccccn2)CCN(CC(C(=O)NCCc2c[nH]c3ccccc23)c2ccccc2)CC1. The van der Waals surface area contributed by atoms with E-state index in [1.54, 1.807) is 23.2 Å². The van der Waals surface area contributed by atoms with Gasteiger partial charge in [-0.05, 0) is 61.4 Å². The Hall–Kier alpha value is -4.50. The molecule has 2 aromatic heterocycles. The molecule has 1 unspecified atom stereocenters. The van der Waals surface area contributed by atoms with Crippen molar-refractivity contribution in [3.8, 4) is 0 Å². The molecule has 0 spiro atoms. The summed E-state index contributed by atoms with van der Waals surface area (Å²) >= 11 is 0. The van der Waals surface area contributed by atoms with Gasteiger partial charge in [-0.1, -0.05) is 54.6 Å². The lowest BCUT2D eigenvalue weighted by molar-refractivity contribution is -0.151. The minimum atomic E-state index is -1.15. The molecule has 1 atom stereocenters. The number of amides is 2. The number of methoxy groups -OCH3 is 1. The van der Waals surface area contributed by atoms with E-state index in [0.29, 0.717) is 44.8 Å². The summed E-state index contributed by atoms with van der Waals surface area (Å²) < 4.78 is 5.33. The smallest absolute Gasteiger partial charge is 0.332 e. The Morgan fingerprint density at radius 1 is 1.02 bits per heavy atom. The fraction of sp³-hybridized carbons (Fsp3) is 0.371. The minimum Gasteiger partial charge on any atom is -0.467 e. The van der Waals surface area contributed by atoms with E-state index >= 15 is 0 Å². The molecule has 44 heavy (non-hydrogen) atoms. The number of piperidine rings is 1. The van der Waals surface area contributed by atoms with E-state index in [0.717, 1.165) is 30.3 Å². The number of pyridine rings is 1. The highest BCUT2D eigenvalue weighted by molar-refractivity contribution is 6.03. The molecule has 9 nitrogen and oxygen atoms in total. The molecule has 1 saturated carbocycles. The van der Waals surface area contributed by atoms with Crippen LogP contribution in [0.2, 0.25) is 0 Å². The van der Waals surface area contributed by atoms with Crippen LogP contribution in [0.4, 0.5) is 5.82 Å². The molecule has 3 heterocycles. The first-order chi connectivity index (χ1) is 21.5. The van der Waals surface area contributed by atoms with Crippen molar-refractivity contribution in [1.29, 1.82) is 0 Å². The van der Waals surface area contributed by atoms with Gasteiger partial charge in [0, 0.05) is 55.4 Å². The number of aromatic amines is 1. The summed E-state index contributed by atoms with van der Waals surface area (Å²) in [4.78, 5) is 52.4. The number of anilines is 1. The minimum absolute atomic E-state index is 0.0279. The fourth-order valence-electron chi connectivity index (χ4n) is 6.42. The van der Waals surface area contributed by atoms with Gasteiger partial charge in [-0.3, -0.25) is 14.5 Å². The maximum atomic E-state index is 13.7. The molecule has 2 fully saturated rings. The first-order valence-electron chi connectivity index (χ1n) is 15.4. The predicted octanol–water partition coefficient (Wildman–Crippen LogP) is 4.46. The highest BCUT2D eigenvalue weighted by Crippen LogP contribution is 2.40. The Kier molecular flexibility index (Phi) is 8.74. The molecule has 1 aliphatic heterocycles. The van der Waals surface area contributed by atoms with E-state index in [1.807, 2.05) is 60.8 Å². The van der Waals surface area contributed by atoms with Gasteiger partial charge in [-0.2, -0.15) is 0 Å². The van der Waals surface area contributed by atoms with Crippen molar-refractivity contribution in [1.82, 2.24) is 20.2 Å². The highest BCUT2D eigenvalue weighted by Gasteiger charge is 2.53. The number of fused-ring (bicyclic) bond motifs is 1. The fourth-order valence-corrected chi connectivity index (χ4v) is 6.42. The summed E-state index contributed by atoms with van der Waals surface area (Å²) in [5.74, 6) is -0.526. The molecular formula is C35H39N5O4. The molecule has 4 aromatic rings. The number of nitrogens with one attached hydrogen (secondary N) is 2. The summed E-state index contributed by atoms with van der Waals surface area (Å²) in [6.07, 6.45) is 6.79. The van der Waals surface area contributed by atoms with Crippen LogP contribution in [0.5, 0.6) is 0 Å². The standard InChI is InChI=1S/C35H39N5O4/c1-44-34(43)35(40(33(42)26-14-15-26)31-13-7-8-19-36-31)17-21-39(22-18-35)24-29(25-9-3-2-4-10-25)32(41)37-20-16-27-23-38-30-12-6-5-11-28(27)30/h2-13,19,23,26,29,38H,14-18,20-22,24H2,1H3,(H,37,41). The summed E-state index contributed by atoms with van der Waals surface area (Å²) in [5.41, 5.74) is 2.05. The van der Waals surface area contributed by atoms with E-state index in [4.69, 9.17) is 4.74 Å². The van der Waals surface area contributed by atoms with Crippen molar-refractivity contribution in [2.24, 2.45) is 5.92 Å². The molecule has 0 bridgehead atoms. The summed E-state index contributed by atoms with van der Waals surface area (Å²) in [6, 6.07) is 23.4. The topological polar surface area (TPSA) is 108 Å². The van der Waals surface area contributed by atoms with Crippen LogP contribution in [0, 0.1) is 5.92 Å². The van der Waals surface area contributed by atoms with E-state index in [9.17, 15) is 14.4 Å². The van der Waals surface area contributed by atoms with Crippen molar-refractivity contribution in [3.05, 3.63) is 96.3 Å². The van der Waals surface area contributed by atoms with Gasteiger partial charge in [0.1, 0.15) is 11.4 Å². The number of H-pyrrole nitrogens is 1. The van der Waals surface area contributed by atoms with E-state index in [1.165, 1.54) is 18.1 Å². The third-order valence-corrected chi connectivity index (χ3v) is 9.03. The first-order valence-corrected chi connectivity index (χ1v) is 15.4. The van der Waals surface area contributed by atoms with Crippen LogP contribution in [-0.2, 0) is 25.5 Å². The normalized spacial score (nSPS) is 17.1. The Labute approximate surface area is 257 Å². The van der Waals surface area contributed by atoms with E-state index < -0.39 is 11.5 Å². The third-order valence-electron chi connectivity index (χ3n) is 9.03.